The minimum Gasteiger partial charge on any atom is -0.375 e. The van der Waals surface area contributed by atoms with Gasteiger partial charge in [-0.05, 0) is 24.3 Å². The van der Waals surface area contributed by atoms with Crippen molar-refractivity contribution in [3.8, 4) is 10.6 Å². The largest absolute Gasteiger partial charge is 0.375 e. The van der Waals surface area contributed by atoms with E-state index in [1.54, 1.807) is 22.7 Å². The number of aromatic nitrogens is 1. The van der Waals surface area contributed by atoms with Crippen molar-refractivity contribution in [2.45, 2.75) is 44.4 Å². The van der Waals surface area contributed by atoms with Gasteiger partial charge in [0.1, 0.15) is 5.01 Å². The van der Waals surface area contributed by atoms with Gasteiger partial charge in [-0.25, -0.2) is 4.98 Å². The lowest BCUT2D eigenvalue weighted by Gasteiger charge is -2.43. The molecule has 2 atom stereocenters. The van der Waals surface area contributed by atoms with Crippen LogP contribution in [0.25, 0.3) is 10.6 Å². The molecule has 21 heavy (non-hydrogen) atoms. The summed E-state index contributed by atoms with van der Waals surface area (Å²) in [5.74, 6) is 0. The molecular formula is C16H20N2OS2. The molecule has 0 amide bonds. The highest BCUT2D eigenvalue weighted by atomic mass is 32.1. The molecule has 1 aliphatic heterocycles. The maximum atomic E-state index is 5.96. The highest BCUT2D eigenvalue weighted by Gasteiger charge is 2.34. The summed E-state index contributed by atoms with van der Waals surface area (Å²) in [6.07, 6.45) is 5.65. The summed E-state index contributed by atoms with van der Waals surface area (Å²) in [6, 6.07) is 2.76. The molecule has 112 valence electrons. The molecule has 0 aromatic carbocycles. The zero-order valence-corrected chi connectivity index (χ0v) is 13.7. The normalized spacial score (nSPS) is 26.7. The van der Waals surface area contributed by atoms with Crippen molar-refractivity contribution in [2.24, 2.45) is 0 Å². The van der Waals surface area contributed by atoms with Gasteiger partial charge in [0.05, 0.1) is 18.4 Å². The van der Waals surface area contributed by atoms with Gasteiger partial charge in [0.25, 0.3) is 0 Å². The van der Waals surface area contributed by atoms with Crippen LogP contribution in [-0.4, -0.2) is 35.2 Å². The third-order valence-electron chi connectivity index (χ3n) is 4.53. The molecular weight excluding hydrogens is 300 g/mol. The van der Waals surface area contributed by atoms with Gasteiger partial charge in [0.15, 0.2) is 0 Å². The molecule has 2 aromatic heterocycles. The molecule has 1 saturated heterocycles. The molecule has 1 saturated carbocycles. The van der Waals surface area contributed by atoms with E-state index >= 15 is 0 Å². The molecule has 2 aromatic rings. The van der Waals surface area contributed by atoms with E-state index in [1.807, 2.05) is 0 Å². The molecule has 5 heteroatoms. The van der Waals surface area contributed by atoms with Gasteiger partial charge in [-0.2, -0.15) is 11.3 Å². The average Bonchev–Trinajstić information content (AvgIpc) is 3.18. The fraction of sp³-hybridized carbons (Fsp3) is 0.562. The molecule has 0 unspecified atom stereocenters. The molecule has 4 rings (SSSR count). The highest BCUT2D eigenvalue weighted by Crippen LogP contribution is 2.31. The first-order chi connectivity index (χ1) is 10.4. The third-order valence-corrected chi connectivity index (χ3v) is 6.16. The van der Waals surface area contributed by atoms with E-state index in [1.165, 1.54) is 36.9 Å². The number of thiophene rings is 1. The molecule has 3 nitrogen and oxygen atoms in total. The quantitative estimate of drug-likeness (QED) is 0.854. The molecule has 0 radical (unpaired) electrons. The first-order valence-electron chi connectivity index (χ1n) is 7.73. The van der Waals surface area contributed by atoms with E-state index in [0.717, 1.165) is 24.7 Å². The summed E-state index contributed by atoms with van der Waals surface area (Å²) in [6.45, 7) is 2.90. The Bertz CT molecular complexity index is 579. The fourth-order valence-electron chi connectivity index (χ4n) is 3.48. The Labute approximate surface area is 133 Å². The van der Waals surface area contributed by atoms with E-state index in [4.69, 9.17) is 9.72 Å². The van der Waals surface area contributed by atoms with Crippen LogP contribution in [0.5, 0.6) is 0 Å². The van der Waals surface area contributed by atoms with Crippen LogP contribution in [-0.2, 0) is 11.3 Å². The highest BCUT2D eigenvalue weighted by molar-refractivity contribution is 7.14. The zero-order chi connectivity index (χ0) is 14.1. The molecule has 1 aliphatic carbocycles. The molecule has 0 N–H and O–H groups in total. The van der Waals surface area contributed by atoms with Crippen molar-refractivity contribution < 1.29 is 4.74 Å². The number of hydrogen-bond donors (Lipinski definition) is 0. The first kappa shape index (κ1) is 13.9. The summed E-state index contributed by atoms with van der Waals surface area (Å²) >= 11 is 3.50. The number of ether oxygens (including phenoxy) is 1. The van der Waals surface area contributed by atoms with E-state index in [0.29, 0.717) is 12.1 Å². The van der Waals surface area contributed by atoms with E-state index in [9.17, 15) is 0 Å². The van der Waals surface area contributed by atoms with Gasteiger partial charge < -0.3 is 4.74 Å². The van der Waals surface area contributed by atoms with Crippen molar-refractivity contribution in [2.75, 3.05) is 13.2 Å². The molecule has 0 bridgehead atoms. The van der Waals surface area contributed by atoms with E-state index in [-0.39, 0.29) is 0 Å². The van der Waals surface area contributed by atoms with Gasteiger partial charge >= 0.3 is 0 Å². The second-order valence-electron chi connectivity index (χ2n) is 5.89. The lowest BCUT2D eigenvalue weighted by molar-refractivity contribution is -0.0914. The Morgan fingerprint density at radius 3 is 3.14 bits per heavy atom. The second-order valence-corrected chi connectivity index (χ2v) is 7.53. The minimum absolute atomic E-state index is 0.461. The zero-order valence-electron chi connectivity index (χ0n) is 12.0. The van der Waals surface area contributed by atoms with Crippen LogP contribution < -0.4 is 0 Å². The standard InChI is InChI=1S/C16H20N2OS2/c1-2-4-15-14(3-1)18(6-7-19-15)9-13-11-21-16(17-13)12-5-8-20-10-12/h5,8,10-11,14-15H,1-4,6-7,9H2/t14-,15+/m1/s1. The molecule has 3 heterocycles. The van der Waals surface area contributed by atoms with Crippen molar-refractivity contribution in [3.63, 3.8) is 0 Å². The molecule has 0 spiro atoms. The summed E-state index contributed by atoms with van der Waals surface area (Å²) in [7, 11) is 0. The SMILES string of the molecule is c1cc(-c2nc(CN3CCO[C@H]4CCCC[C@H]43)cs2)cs1. The summed E-state index contributed by atoms with van der Waals surface area (Å²) in [5, 5.41) is 7.67. The van der Waals surface area contributed by atoms with Crippen molar-refractivity contribution in [1.82, 2.24) is 9.88 Å². The summed E-state index contributed by atoms with van der Waals surface area (Å²) < 4.78 is 5.96. The van der Waals surface area contributed by atoms with Crippen LogP contribution >= 0.6 is 22.7 Å². The smallest absolute Gasteiger partial charge is 0.124 e. The maximum absolute atomic E-state index is 5.96. The topological polar surface area (TPSA) is 25.4 Å². The first-order valence-corrected chi connectivity index (χ1v) is 9.55. The summed E-state index contributed by atoms with van der Waals surface area (Å²) in [4.78, 5) is 7.42. The number of fused-ring (bicyclic) bond motifs is 1. The Kier molecular flexibility index (Phi) is 4.07. The predicted octanol–water partition coefficient (Wildman–Crippen LogP) is 4.02. The van der Waals surface area contributed by atoms with Crippen LogP contribution in [0.1, 0.15) is 31.4 Å². The number of thiazole rings is 1. The van der Waals surface area contributed by atoms with Gasteiger partial charge in [-0.3, -0.25) is 4.90 Å². The van der Waals surface area contributed by atoms with Crippen molar-refractivity contribution in [1.29, 1.82) is 0 Å². The minimum atomic E-state index is 0.461. The molecule has 2 fully saturated rings. The van der Waals surface area contributed by atoms with Crippen molar-refractivity contribution in [3.05, 3.63) is 27.9 Å². The van der Waals surface area contributed by atoms with Crippen LogP contribution in [0.4, 0.5) is 0 Å². The van der Waals surface area contributed by atoms with Crippen LogP contribution in [0, 0.1) is 0 Å². The van der Waals surface area contributed by atoms with Gasteiger partial charge in [0.2, 0.25) is 0 Å². The summed E-state index contributed by atoms with van der Waals surface area (Å²) in [5.41, 5.74) is 2.47. The second kappa shape index (κ2) is 6.16. The van der Waals surface area contributed by atoms with Gasteiger partial charge in [0, 0.05) is 35.5 Å². The third kappa shape index (κ3) is 2.93. The van der Waals surface area contributed by atoms with Crippen LogP contribution in [0.15, 0.2) is 22.2 Å². The lowest BCUT2D eigenvalue weighted by atomic mass is 9.90. The van der Waals surface area contributed by atoms with E-state index < -0.39 is 0 Å². The Morgan fingerprint density at radius 2 is 2.24 bits per heavy atom. The van der Waals surface area contributed by atoms with Gasteiger partial charge in [-0.15, -0.1) is 11.3 Å². The fourth-order valence-corrected chi connectivity index (χ4v) is 5.00. The predicted molar refractivity (Wildman–Crippen MR) is 87.8 cm³/mol. The number of hydrogen-bond acceptors (Lipinski definition) is 5. The number of nitrogens with zero attached hydrogens (tertiary/aromatic N) is 2. The maximum Gasteiger partial charge on any atom is 0.124 e. The average molecular weight is 320 g/mol. The Balaban J connectivity index is 1.47. The number of rotatable bonds is 3. The monoisotopic (exact) mass is 320 g/mol. The number of morpholine rings is 1. The Hall–Kier alpha value is -0.750. The van der Waals surface area contributed by atoms with Crippen LogP contribution in [0.3, 0.4) is 0 Å². The van der Waals surface area contributed by atoms with Crippen LogP contribution in [0.2, 0.25) is 0 Å². The van der Waals surface area contributed by atoms with E-state index in [2.05, 4.69) is 27.1 Å². The lowest BCUT2D eigenvalue weighted by Crippen LogP contribution is -2.52. The van der Waals surface area contributed by atoms with Gasteiger partial charge in [-0.1, -0.05) is 12.8 Å². The van der Waals surface area contributed by atoms with Crippen molar-refractivity contribution >= 4 is 22.7 Å². The molecule has 2 aliphatic rings. The Morgan fingerprint density at radius 1 is 1.29 bits per heavy atom.